The average molecular weight is 264 g/mol. The van der Waals surface area contributed by atoms with Crippen molar-refractivity contribution in [3.8, 4) is 11.5 Å². The van der Waals surface area contributed by atoms with E-state index in [1.165, 1.54) is 0 Å². The van der Waals surface area contributed by atoms with Crippen LogP contribution in [0.3, 0.4) is 0 Å². The molecule has 0 heterocycles. The van der Waals surface area contributed by atoms with Crippen molar-refractivity contribution in [2.45, 2.75) is 20.8 Å². The van der Waals surface area contributed by atoms with Gasteiger partial charge >= 0.3 is 6.03 Å². The summed E-state index contributed by atoms with van der Waals surface area (Å²) in [7, 11) is 0. The molecule has 5 nitrogen and oxygen atoms in total. The Morgan fingerprint density at radius 3 is 2.53 bits per heavy atom. The van der Waals surface area contributed by atoms with Gasteiger partial charge in [-0.25, -0.2) is 4.79 Å². The highest BCUT2D eigenvalue weighted by Crippen LogP contribution is 2.30. The maximum absolute atomic E-state index is 11.5. The van der Waals surface area contributed by atoms with Crippen molar-refractivity contribution in [1.82, 2.24) is 5.32 Å². The summed E-state index contributed by atoms with van der Waals surface area (Å²) in [5.41, 5.74) is 0.647. The highest BCUT2D eigenvalue weighted by atomic mass is 16.5. The van der Waals surface area contributed by atoms with Crippen LogP contribution < -0.4 is 20.1 Å². The molecular formula is C14H20N2O3. The number of nitrogens with one attached hydrogen (secondary N) is 2. The van der Waals surface area contributed by atoms with E-state index >= 15 is 0 Å². The summed E-state index contributed by atoms with van der Waals surface area (Å²) in [5.74, 6) is 1.29. The molecule has 2 N–H and O–H groups in total. The van der Waals surface area contributed by atoms with E-state index in [4.69, 9.17) is 9.47 Å². The molecule has 0 spiro atoms. The second kappa shape index (κ2) is 8.02. The number of urea groups is 1. The number of rotatable bonds is 6. The summed E-state index contributed by atoms with van der Waals surface area (Å²) < 4.78 is 10.9. The fraction of sp³-hybridized carbons (Fsp3) is 0.357. The maximum atomic E-state index is 11.5. The Bertz CT molecular complexity index is 444. The fourth-order valence-corrected chi connectivity index (χ4v) is 1.46. The van der Waals surface area contributed by atoms with Gasteiger partial charge in [0.05, 0.1) is 13.2 Å². The number of carbonyl (C=O) groups excluding carboxylic acids is 1. The molecule has 0 radical (unpaired) electrons. The lowest BCUT2D eigenvalue weighted by molar-refractivity contribution is 0.255. The van der Waals surface area contributed by atoms with Gasteiger partial charge in [-0.15, -0.1) is 0 Å². The fourth-order valence-electron chi connectivity index (χ4n) is 1.46. The SMILES string of the molecule is C/C=C/NC(=O)Nc1ccc(OCC)c(OCC)c1. The molecule has 2 amide bonds. The van der Waals surface area contributed by atoms with E-state index in [9.17, 15) is 4.79 Å². The van der Waals surface area contributed by atoms with Gasteiger partial charge < -0.3 is 20.1 Å². The number of hydrogen-bond acceptors (Lipinski definition) is 3. The number of anilines is 1. The molecule has 0 atom stereocenters. The third-order valence-corrected chi connectivity index (χ3v) is 2.18. The van der Waals surface area contributed by atoms with E-state index in [1.54, 1.807) is 30.5 Å². The Labute approximate surface area is 113 Å². The van der Waals surface area contributed by atoms with E-state index in [0.717, 1.165) is 0 Å². The molecule has 0 saturated heterocycles. The molecule has 0 aliphatic heterocycles. The second-order valence-corrected chi connectivity index (χ2v) is 3.63. The van der Waals surface area contributed by atoms with Gasteiger partial charge in [0.15, 0.2) is 11.5 Å². The predicted octanol–water partition coefficient (Wildman–Crippen LogP) is 3.14. The third kappa shape index (κ3) is 4.91. The first-order valence-electron chi connectivity index (χ1n) is 6.29. The normalized spacial score (nSPS) is 10.3. The van der Waals surface area contributed by atoms with E-state index in [2.05, 4.69) is 10.6 Å². The molecule has 0 bridgehead atoms. The minimum Gasteiger partial charge on any atom is -0.490 e. The Morgan fingerprint density at radius 1 is 1.21 bits per heavy atom. The summed E-state index contributed by atoms with van der Waals surface area (Å²) in [4.78, 5) is 11.5. The van der Waals surface area contributed by atoms with Crippen LogP contribution in [0.5, 0.6) is 11.5 Å². The third-order valence-electron chi connectivity index (χ3n) is 2.18. The number of carbonyl (C=O) groups is 1. The Hall–Kier alpha value is -2.17. The van der Waals surface area contributed by atoms with Crippen LogP contribution >= 0.6 is 0 Å². The monoisotopic (exact) mass is 264 g/mol. The smallest absolute Gasteiger partial charge is 0.323 e. The Morgan fingerprint density at radius 2 is 1.89 bits per heavy atom. The van der Waals surface area contributed by atoms with Crippen LogP contribution in [0.2, 0.25) is 0 Å². The van der Waals surface area contributed by atoms with Crippen LogP contribution in [0.25, 0.3) is 0 Å². The largest absolute Gasteiger partial charge is 0.490 e. The molecule has 0 unspecified atom stereocenters. The first kappa shape index (κ1) is 14.9. The minimum absolute atomic E-state index is 0.301. The number of amides is 2. The molecule has 0 fully saturated rings. The molecule has 5 heteroatoms. The van der Waals surface area contributed by atoms with Crippen molar-refractivity contribution < 1.29 is 14.3 Å². The zero-order chi connectivity index (χ0) is 14.1. The van der Waals surface area contributed by atoms with Crippen molar-refractivity contribution in [3.63, 3.8) is 0 Å². The van der Waals surface area contributed by atoms with Gasteiger partial charge in [-0.05, 0) is 32.9 Å². The van der Waals surface area contributed by atoms with Gasteiger partial charge in [-0.2, -0.15) is 0 Å². The van der Waals surface area contributed by atoms with Gasteiger partial charge in [0.2, 0.25) is 0 Å². The lowest BCUT2D eigenvalue weighted by Crippen LogP contribution is -2.23. The van der Waals surface area contributed by atoms with E-state index in [1.807, 2.05) is 20.8 Å². The number of allylic oxidation sites excluding steroid dienone is 1. The number of benzene rings is 1. The van der Waals surface area contributed by atoms with Crippen molar-refractivity contribution in [2.75, 3.05) is 18.5 Å². The first-order valence-corrected chi connectivity index (χ1v) is 6.29. The minimum atomic E-state index is -0.301. The Balaban J connectivity index is 2.79. The lowest BCUT2D eigenvalue weighted by Gasteiger charge is -2.12. The lowest BCUT2D eigenvalue weighted by atomic mass is 10.2. The summed E-state index contributed by atoms with van der Waals surface area (Å²) in [6.45, 7) is 6.73. The standard InChI is InChI=1S/C14H20N2O3/c1-4-9-15-14(17)16-11-7-8-12(18-5-2)13(10-11)19-6-3/h4,7-10H,5-6H2,1-3H3,(H2,15,16,17)/b9-4+. The Kier molecular flexibility index (Phi) is 6.29. The quantitative estimate of drug-likeness (QED) is 0.829. The predicted molar refractivity (Wildman–Crippen MR) is 75.7 cm³/mol. The van der Waals surface area contributed by atoms with Crippen LogP contribution in [-0.4, -0.2) is 19.2 Å². The molecule has 0 aliphatic carbocycles. The molecule has 0 saturated carbocycles. The van der Waals surface area contributed by atoms with Crippen LogP contribution in [0.1, 0.15) is 20.8 Å². The zero-order valence-corrected chi connectivity index (χ0v) is 11.5. The van der Waals surface area contributed by atoms with Gasteiger partial charge in [0, 0.05) is 18.0 Å². The van der Waals surface area contributed by atoms with Gasteiger partial charge in [-0.3, -0.25) is 0 Å². The van der Waals surface area contributed by atoms with E-state index in [0.29, 0.717) is 30.4 Å². The summed E-state index contributed by atoms with van der Waals surface area (Å²) >= 11 is 0. The maximum Gasteiger partial charge on any atom is 0.323 e. The highest BCUT2D eigenvalue weighted by Gasteiger charge is 2.07. The van der Waals surface area contributed by atoms with Gasteiger partial charge in [-0.1, -0.05) is 6.08 Å². The summed E-state index contributed by atoms with van der Waals surface area (Å²) in [5, 5.41) is 5.28. The van der Waals surface area contributed by atoms with Crippen LogP contribution in [-0.2, 0) is 0 Å². The van der Waals surface area contributed by atoms with Gasteiger partial charge in [0.1, 0.15) is 0 Å². The molecule has 0 aromatic heterocycles. The molecular weight excluding hydrogens is 244 g/mol. The van der Waals surface area contributed by atoms with Crippen LogP contribution in [0, 0.1) is 0 Å². The van der Waals surface area contributed by atoms with Crippen molar-refractivity contribution in [1.29, 1.82) is 0 Å². The summed E-state index contributed by atoms with van der Waals surface area (Å²) in [6, 6.07) is 4.98. The topological polar surface area (TPSA) is 59.6 Å². The van der Waals surface area contributed by atoms with Crippen molar-refractivity contribution >= 4 is 11.7 Å². The van der Waals surface area contributed by atoms with Gasteiger partial charge in [0.25, 0.3) is 0 Å². The summed E-state index contributed by atoms with van der Waals surface area (Å²) in [6.07, 6.45) is 3.30. The molecule has 104 valence electrons. The molecule has 1 aromatic rings. The van der Waals surface area contributed by atoms with E-state index < -0.39 is 0 Å². The average Bonchev–Trinajstić information content (AvgIpc) is 2.40. The molecule has 19 heavy (non-hydrogen) atoms. The van der Waals surface area contributed by atoms with Crippen LogP contribution in [0.15, 0.2) is 30.5 Å². The second-order valence-electron chi connectivity index (χ2n) is 3.63. The number of hydrogen-bond donors (Lipinski definition) is 2. The van der Waals surface area contributed by atoms with Crippen LogP contribution in [0.4, 0.5) is 10.5 Å². The van der Waals surface area contributed by atoms with E-state index in [-0.39, 0.29) is 6.03 Å². The first-order chi connectivity index (χ1) is 9.21. The van der Waals surface area contributed by atoms with Crippen molar-refractivity contribution in [2.24, 2.45) is 0 Å². The number of ether oxygens (including phenoxy) is 2. The molecule has 0 aliphatic rings. The zero-order valence-electron chi connectivity index (χ0n) is 11.5. The highest BCUT2D eigenvalue weighted by molar-refractivity contribution is 5.90. The molecule has 1 aromatic carbocycles. The van der Waals surface area contributed by atoms with Crippen molar-refractivity contribution in [3.05, 3.63) is 30.5 Å². The molecule has 1 rings (SSSR count).